The number of carbonyl (C=O) groups excluding carboxylic acids is 1. The third-order valence-corrected chi connectivity index (χ3v) is 1.82. The van der Waals surface area contributed by atoms with Gasteiger partial charge in [-0.05, 0) is 0 Å². The van der Waals surface area contributed by atoms with E-state index in [2.05, 4.69) is 4.98 Å². The molecule has 1 rings (SSSR count). The Hall–Kier alpha value is -0.900. The summed E-state index contributed by atoms with van der Waals surface area (Å²) in [5.41, 5.74) is 0.474. The zero-order valence-electron chi connectivity index (χ0n) is 5.75. The number of hydrogen-bond donors (Lipinski definition) is 0. The molecule has 0 amide bonds. The Labute approximate surface area is 62.7 Å². The van der Waals surface area contributed by atoms with Crippen LogP contribution in [0.2, 0.25) is 0 Å². The Balaban J connectivity index is 2.88. The van der Waals surface area contributed by atoms with Crippen molar-refractivity contribution in [1.29, 1.82) is 0 Å². The van der Waals surface area contributed by atoms with Crippen LogP contribution in [0.25, 0.3) is 0 Å². The van der Waals surface area contributed by atoms with Gasteiger partial charge < -0.3 is 4.74 Å². The average Bonchev–Trinajstić information content (AvgIpc) is 2.34. The molecule has 0 aliphatic carbocycles. The molecule has 0 saturated heterocycles. The van der Waals surface area contributed by atoms with Gasteiger partial charge in [0, 0.05) is 12.3 Å². The van der Waals surface area contributed by atoms with Crippen LogP contribution in [-0.4, -0.2) is 17.9 Å². The molecule has 3 nitrogen and oxygen atoms in total. The first-order valence-corrected chi connectivity index (χ1v) is 3.62. The summed E-state index contributed by atoms with van der Waals surface area (Å²) in [5, 5.41) is 2.21. The summed E-state index contributed by atoms with van der Waals surface area (Å²) in [7, 11) is 1.53. The van der Waals surface area contributed by atoms with Crippen LogP contribution in [0.4, 0.5) is 0 Å². The average molecular weight is 157 g/mol. The molecule has 0 aliphatic rings. The Morgan fingerprint density at radius 2 is 2.50 bits per heavy atom. The fourth-order valence-corrected chi connectivity index (χ4v) is 1.19. The molecule has 1 aromatic heterocycles. The molecule has 10 heavy (non-hydrogen) atoms. The van der Waals surface area contributed by atoms with Gasteiger partial charge in [-0.1, -0.05) is 11.3 Å². The van der Waals surface area contributed by atoms with Crippen molar-refractivity contribution in [1.82, 2.24) is 4.98 Å². The van der Waals surface area contributed by atoms with E-state index in [1.807, 2.05) is 0 Å². The Morgan fingerprint density at radius 3 is 2.80 bits per heavy atom. The van der Waals surface area contributed by atoms with E-state index in [-0.39, 0.29) is 5.78 Å². The first-order chi connectivity index (χ1) is 4.74. The van der Waals surface area contributed by atoms with Crippen LogP contribution in [0.3, 0.4) is 0 Å². The molecular formula is C6H7NO2S. The van der Waals surface area contributed by atoms with Gasteiger partial charge in [0.2, 0.25) is 0 Å². The Morgan fingerprint density at radius 1 is 1.80 bits per heavy atom. The summed E-state index contributed by atoms with van der Waals surface area (Å²) in [6, 6.07) is 0. The largest absolute Gasteiger partial charge is 0.473 e. The van der Waals surface area contributed by atoms with Gasteiger partial charge in [-0.2, -0.15) is 4.98 Å². The van der Waals surface area contributed by atoms with E-state index >= 15 is 0 Å². The van der Waals surface area contributed by atoms with Crippen molar-refractivity contribution in [3.63, 3.8) is 0 Å². The first kappa shape index (κ1) is 7.21. The van der Waals surface area contributed by atoms with E-state index in [0.29, 0.717) is 10.9 Å². The lowest BCUT2D eigenvalue weighted by Gasteiger charge is -1.86. The molecule has 0 aromatic carbocycles. The molecule has 0 bridgehead atoms. The minimum Gasteiger partial charge on any atom is -0.473 e. The topological polar surface area (TPSA) is 39.2 Å². The van der Waals surface area contributed by atoms with Crippen molar-refractivity contribution >= 4 is 17.1 Å². The van der Waals surface area contributed by atoms with Gasteiger partial charge >= 0.3 is 0 Å². The third-order valence-electron chi connectivity index (χ3n) is 1.02. The fourth-order valence-electron chi connectivity index (χ4n) is 0.513. The number of carbonyl (C=O) groups is 1. The maximum absolute atomic E-state index is 10.7. The Kier molecular flexibility index (Phi) is 2.01. The van der Waals surface area contributed by atoms with Crippen molar-refractivity contribution in [3.8, 4) is 5.19 Å². The van der Waals surface area contributed by atoms with Crippen LogP contribution in [0, 0.1) is 0 Å². The second-order valence-electron chi connectivity index (χ2n) is 1.76. The highest BCUT2D eigenvalue weighted by Crippen LogP contribution is 2.16. The third kappa shape index (κ3) is 1.33. The number of rotatable bonds is 2. The number of methoxy groups -OCH3 is 1. The lowest BCUT2D eigenvalue weighted by Crippen LogP contribution is -1.91. The van der Waals surface area contributed by atoms with Crippen molar-refractivity contribution < 1.29 is 9.53 Å². The van der Waals surface area contributed by atoms with Gasteiger partial charge in [0.05, 0.1) is 7.11 Å². The van der Waals surface area contributed by atoms with Gasteiger partial charge in [-0.15, -0.1) is 0 Å². The number of thiazole rings is 1. The van der Waals surface area contributed by atoms with Crippen LogP contribution in [0.1, 0.15) is 17.4 Å². The first-order valence-electron chi connectivity index (χ1n) is 2.74. The second-order valence-corrected chi connectivity index (χ2v) is 2.58. The highest BCUT2D eigenvalue weighted by atomic mass is 32.1. The molecule has 1 aromatic rings. The van der Waals surface area contributed by atoms with Gasteiger partial charge in [0.25, 0.3) is 5.19 Å². The van der Waals surface area contributed by atoms with Crippen molar-refractivity contribution in [3.05, 3.63) is 11.1 Å². The molecule has 0 radical (unpaired) electrons. The molecule has 1 heterocycles. The van der Waals surface area contributed by atoms with Crippen LogP contribution in [-0.2, 0) is 0 Å². The maximum atomic E-state index is 10.7. The number of aromatic nitrogens is 1. The minimum atomic E-state index is -0.0282. The van der Waals surface area contributed by atoms with E-state index in [1.54, 1.807) is 5.38 Å². The summed E-state index contributed by atoms with van der Waals surface area (Å²) < 4.78 is 4.80. The molecular weight excluding hydrogens is 150 g/mol. The SMILES string of the molecule is COc1nc(C(C)=O)cs1. The number of Topliss-reactive ketones (excluding diaryl/α,β-unsaturated/α-hetero) is 1. The highest BCUT2D eigenvalue weighted by Gasteiger charge is 2.04. The van der Waals surface area contributed by atoms with E-state index in [1.165, 1.54) is 25.4 Å². The number of nitrogens with zero attached hydrogens (tertiary/aromatic N) is 1. The van der Waals surface area contributed by atoms with Gasteiger partial charge in [-0.25, -0.2) is 0 Å². The maximum Gasteiger partial charge on any atom is 0.273 e. The molecule has 0 N–H and O–H groups in total. The zero-order valence-corrected chi connectivity index (χ0v) is 6.57. The van der Waals surface area contributed by atoms with E-state index in [0.717, 1.165) is 0 Å². The quantitative estimate of drug-likeness (QED) is 0.608. The molecule has 54 valence electrons. The summed E-state index contributed by atoms with van der Waals surface area (Å²) >= 11 is 1.32. The summed E-state index contributed by atoms with van der Waals surface area (Å²) in [6.45, 7) is 1.48. The molecule has 0 atom stereocenters. The van der Waals surface area contributed by atoms with Crippen LogP contribution >= 0.6 is 11.3 Å². The Bertz CT molecular complexity index is 244. The van der Waals surface area contributed by atoms with Crippen LogP contribution < -0.4 is 4.74 Å². The predicted octanol–water partition coefficient (Wildman–Crippen LogP) is 1.35. The van der Waals surface area contributed by atoms with E-state index in [4.69, 9.17) is 4.74 Å². The molecule has 0 spiro atoms. The fraction of sp³-hybridized carbons (Fsp3) is 0.333. The summed E-state index contributed by atoms with van der Waals surface area (Å²) in [4.78, 5) is 14.5. The standard InChI is InChI=1S/C6H7NO2S/c1-4(8)5-3-10-6(7-5)9-2/h3H,1-2H3. The number of ether oxygens (including phenoxy) is 1. The zero-order chi connectivity index (χ0) is 7.56. The van der Waals surface area contributed by atoms with E-state index in [9.17, 15) is 4.79 Å². The van der Waals surface area contributed by atoms with Crippen LogP contribution in [0.15, 0.2) is 5.38 Å². The van der Waals surface area contributed by atoms with Gasteiger partial charge in [0.15, 0.2) is 5.78 Å². The van der Waals surface area contributed by atoms with Gasteiger partial charge in [0.1, 0.15) is 5.69 Å². The highest BCUT2D eigenvalue weighted by molar-refractivity contribution is 7.11. The van der Waals surface area contributed by atoms with Crippen LogP contribution in [0.5, 0.6) is 5.19 Å². The smallest absolute Gasteiger partial charge is 0.273 e. The van der Waals surface area contributed by atoms with Crippen molar-refractivity contribution in [2.45, 2.75) is 6.92 Å². The number of hydrogen-bond acceptors (Lipinski definition) is 4. The number of ketones is 1. The second kappa shape index (κ2) is 2.79. The molecule has 0 aliphatic heterocycles. The van der Waals surface area contributed by atoms with Crippen molar-refractivity contribution in [2.24, 2.45) is 0 Å². The van der Waals surface area contributed by atoms with E-state index < -0.39 is 0 Å². The van der Waals surface area contributed by atoms with Crippen molar-refractivity contribution in [2.75, 3.05) is 7.11 Å². The molecule has 0 saturated carbocycles. The predicted molar refractivity (Wildman–Crippen MR) is 38.7 cm³/mol. The normalized spacial score (nSPS) is 9.40. The summed E-state index contributed by atoms with van der Waals surface area (Å²) in [5.74, 6) is -0.0282. The monoisotopic (exact) mass is 157 g/mol. The van der Waals surface area contributed by atoms with Gasteiger partial charge in [-0.3, -0.25) is 4.79 Å². The lowest BCUT2D eigenvalue weighted by molar-refractivity contribution is 0.101. The summed E-state index contributed by atoms with van der Waals surface area (Å²) in [6.07, 6.45) is 0. The molecule has 0 fully saturated rings. The lowest BCUT2D eigenvalue weighted by atomic mass is 10.4. The molecule has 0 unspecified atom stereocenters. The molecule has 4 heteroatoms. The minimum absolute atomic E-state index is 0.0282.